The van der Waals surface area contributed by atoms with Gasteiger partial charge in [0.1, 0.15) is 23.4 Å². The molecule has 0 aliphatic carbocycles. The van der Waals surface area contributed by atoms with E-state index in [1.165, 1.54) is 7.11 Å². The number of ether oxygens (including phenoxy) is 2. The van der Waals surface area contributed by atoms with Gasteiger partial charge in [0.2, 0.25) is 5.88 Å². The molecule has 128 valence electrons. The lowest BCUT2D eigenvalue weighted by Gasteiger charge is -2.30. The minimum Gasteiger partial charge on any atom is -0.493 e. The van der Waals surface area contributed by atoms with E-state index in [0.717, 1.165) is 0 Å². The molecule has 0 saturated heterocycles. The van der Waals surface area contributed by atoms with Gasteiger partial charge in [-0.15, -0.1) is 0 Å². The van der Waals surface area contributed by atoms with Gasteiger partial charge >= 0.3 is 0 Å². The number of hydrogen-bond acceptors (Lipinski definition) is 8. The Labute approximate surface area is 157 Å². The largest absolute Gasteiger partial charge is 0.493 e. The molecular formula is C17H11BrN6O2. The Hall–Kier alpha value is -3.48. The quantitative estimate of drug-likeness (QED) is 0.764. The van der Waals surface area contributed by atoms with E-state index >= 15 is 0 Å². The van der Waals surface area contributed by atoms with E-state index < -0.39 is 11.8 Å². The molecule has 1 aromatic carbocycles. The highest BCUT2D eigenvalue weighted by Gasteiger charge is 2.39. The van der Waals surface area contributed by atoms with E-state index in [0.29, 0.717) is 21.5 Å². The molecule has 1 unspecified atom stereocenters. The van der Waals surface area contributed by atoms with Gasteiger partial charge in [-0.2, -0.15) is 20.8 Å². The maximum absolute atomic E-state index is 9.49. The molecule has 1 aliphatic heterocycles. The molecule has 26 heavy (non-hydrogen) atoms. The van der Waals surface area contributed by atoms with Crippen molar-refractivity contribution in [3.05, 3.63) is 33.3 Å². The second-order valence-electron chi connectivity index (χ2n) is 5.46. The van der Waals surface area contributed by atoms with Crippen LogP contribution in [0.2, 0.25) is 0 Å². The number of pyridine rings is 1. The van der Waals surface area contributed by atoms with Crippen LogP contribution in [0.15, 0.2) is 16.6 Å². The Morgan fingerprint density at radius 1 is 1.27 bits per heavy atom. The van der Waals surface area contributed by atoms with Crippen LogP contribution >= 0.6 is 15.9 Å². The van der Waals surface area contributed by atoms with Crippen molar-refractivity contribution in [1.29, 1.82) is 15.8 Å². The maximum atomic E-state index is 9.49. The van der Waals surface area contributed by atoms with Crippen molar-refractivity contribution in [1.82, 2.24) is 4.98 Å². The van der Waals surface area contributed by atoms with Gasteiger partial charge < -0.3 is 20.9 Å². The number of nitrogens with two attached hydrogens (primary N) is 2. The summed E-state index contributed by atoms with van der Waals surface area (Å²) >= 11 is 3.38. The topological polar surface area (TPSA) is 155 Å². The summed E-state index contributed by atoms with van der Waals surface area (Å²) in [6.45, 7) is 0. The van der Waals surface area contributed by atoms with Crippen LogP contribution in [0.1, 0.15) is 22.6 Å². The molecule has 4 N–H and O–H groups in total. The second kappa shape index (κ2) is 6.44. The molecule has 2 aromatic rings. The van der Waals surface area contributed by atoms with Gasteiger partial charge in [0.05, 0.1) is 24.9 Å². The average Bonchev–Trinajstić information content (AvgIpc) is 2.62. The third-order valence-corrected chi connectivity index (χ3v) is 4.56. The van der Waals surface area contributed by atoms with Crippen molar-refractivity contribution in [3.63, 3.8) is 0 Å². The standard InChI is InChI=1S/C17H11BrN6O2/c1-25-11-3-8(18)2-9-12(7(4-19)5-20)13-14(22)10(6-21)16(23)24-17(13)26-15(9)11/h2-3,7,12H,1H3,(H4,22,23,24). The number of nitrogen functional groups attached to an aromatic ring is 2. The molecule has 0 saturated carbocycles. The lowest BCUT2D eigenvalue weighted by Crippen LogP contribution is -2.21. The molecule has 2 heterocycles. The highest BCUT2D eigenvalue weighted by atomic mass is 79.9. The predicted octanol–water partition coefficient (Wildman–Crippen LogP) is 2.79. The van der Waals surface area contributed by atoms with Gasteiger partial charge in [-0.3, -0.25) is 0 Å². The van der Waals surface area contributed by atoms with Crippen molar-refractivity contribution in [2.45, 2.75) is 5.92 Å². The van der Waals surface area contributed by atoms with Crippen LogP contribution in [0.25, 0.3) is 0 Å². The fraction of sp³-hybridized carbons (Fsp3) is 0.176. The van der Waals surface area contributed by atoms with E-state index in [1.807, 2.05) is 18.2 Å². The zero-order chi connectivity index (χ0) is 19.0. The summed E-state index contributed by atoms with van der Waals surface area (Å²) in [6.07, 6.45) is 0. The van der Waals surface area contributed by atoms with Gasteiger partial charge in [-0.1, -0.05) is 15.9 Å². The first kappa shape index (κ1) is 17.3. The first-order valence-corrected chi connectivity index (χ1v) is 8.09. The first-order valence-electron chi connectivity index (χ1n) is 7.30. The Balaban J connectivity index is 2.41. The SMILES string of the molecule is COc1cc(Br)cc2c1Oc1nc(N)c(C#N)c(N)c1C2C(C#N)C#N. The van der Waals surface area contributed by atoms with E-state index in [2.05, 4.69) is 20.9 Å². The number of halogens is 1. The summed E-state index contributed by atoms with van der Waals surface area (Å²) in [7, 11) is 1.47. The van der Waals surface area contributed by atoms with Gasteiger partial charge in [-0.25, -0.2) is 0 Å². The number of fused-ring (bicyclic) bond motifs is 2. The summed E-state index contributed by atoms with van der Waals surface area (Å²) < 4.78 is 11.9. The molecule has 0 amide bonds. The molecule has 1 aliphatic rings. The van der Waals surface area contributed by atoms with Crippen LogP contribution in [0, 0.1) is 39.9 Å². The summed E-state index contributed by atoms with van der Waals surface area (Å²) in [5, 5.41) is 28.3. The van der Waals surface area contributed by atoms with E-state index in [-0.39, 0.29) is 28.5 Å². The number of aromatic nitrogens is 1. The monoisotopic (exact) mass is 410 g/mol. The number of anilines is 2. The zero-order valence-corrected chi connectivity index (χ0v) is 15.0. The molecule has 3 rings (SSSR count). The Bertz CT molecular complexity index is 1030. The van der Waals surface area contributed by atoms with Gasteiger partial charge in [0, 0.05) is 21.5 Å². The molecule has 0 spiro atoms. The van der Waals surface area contributed by atoms with Crippen molar-refractivity contribution >= 4 is 27.4 Å². The van der Waals surface area contributed by atoms with E-state index in [4.69, 9.17) is 20.9 Å². The van der Waals surface area contributed by atoms with Crippen molar-refractivity contribution in [2.24, 2.45) is 5.92 Å². The normalized spacial score (nSPS) is 14.2. The minimum absolute atomic E-state index is 0.0163. The molecular weight excluding hydrogens is 400 g/mol. The zero-order valence-electron chi connectivity index (χ0n) is 13.4. The number of hydrogen-bond donors (Lipinski definition) is 2. The van der Waals surface area contributed by atoms with Crippen molar-refractivity contribution < 1.29 is 9.47 Å². The van der Waals surface area contributed by atoms with Crippen LogP contribution in [0.4, 0.5) is 11.5 Å². The summed E-state index contributed by atoms with van der Waals surface area (Å²) in [5.41, 5.74) is 12.8. The predicted molar refractivity (Wildman–Crippen MR) is 95.1 cm³/mol. The number of methoxy groups -OCH3 is 1. The van der Waals surface area contributed by atoms with Crippen LogP contribution in [0.5, 0.6) is 17.4 Å². The first-order chi connectivity index (χ1) is 12.5. The number of nitrogens with zero attached hydrogens (tertiary/aromatic N) is 4. The van der Waals surface area contributed by atoms with Gasteiger partial charge in [0.15, 0.2) is 11.5 Å². The fourth-order valence-corrected chi connectivity index (χ4v) is 3.42. The molecule has 9 heteroatoms. The Morgan fingerprint density at radius 3 is 2.54 bits per heavy atom. The third-order valence-electron chi connectivity index (χ3n) is 4.10. The van der Waals surface area contributed by atoms with Gasteiger partial charge in [0.25, 0.3) is 0 Å². The van der Waals surface area contributed by atoms with Crippen LogP contribution in [-0.4, -0.2) is 12.1 Å². The molecule has 0 bridgehead atoms. The minimum atomic E-state index is -1.09. The number of nitriles is 3. The van der Waals surface area contributed by atoms with Crippen LogP contribution in [-0.2, 0) is 0 Å². The molecule has 8 nitrogen and oxygen atoms in total. The van der Waals surface area contributed by atoms with Crippen LogP contribution in [0.3, 0.4) is 0 Å². The summed E-state index contributed by atoms with van der Waals surface area (Å²) in [6, 6.07) is 9.24. The lowest BCUT2D eigenvalue weighted by molar-refractivity contribution is 0.358. The highest BCUT2D eigenvalue weighted by molar-refractivity contribution is 9.10. The number of rotatable bonds is 2. The smallest absolute Gasteiger partial charge is 0.227 e. The molecule has 0 fully saturated rings. The highest BCUT2D eigenvalue weighted by Crippen LogP contribution is 2.53. The van der Waals surface area contributed by atoms with E-state index in [1.54, 1.807) is 12.1 Å². The van der Waals surface area contributed by atoms with Crippen molar-refractivity contribution in [2.75, 3.05) is 18.6 Å². The van der Waals surface area contributed by atoms with Gasteiger partial charge in [-0.05, 0) is 12.1 Å². The molecule has 0 radical (unpaired) electrons. The maximum Gasteiger partial charge on any atom is 0.227 e. The second-order valence-corrected chi connectivity index (χ2v) is 6.37. The molecule has 1 atom stereocenters. The third kappa shape index (κ3) is 2.45. The molecule has 1 aromatic heterocycles. The van der Waals surface area contributed by atoms with Crippen LogP contribution < -0.4 is 20.9 Å². The number of benzene rings is 1. The van der Waals surface area contributed by atoms with E-state index in [9.17, 15) is 15.8 Å². The summed E-state index contributed by atoms with van der Waals surface area (Å²) in [5.74, 6) is -1.20. The average molecular weight is 411 g/mol. The fourth-order valence-electron chi connectivity index (χ4n) is 2.97. The summed E-state index contributed by atoms with van der Waals surface area (Å²) in [4.78, 5) is 4.11. The lowest BCUT2D eigenvalue weighted by atomic mass is 9.79. The van der Waals surface area contributed by atoms with Crippen molar-refractivity contribution in [3.8, 4) is 35.6 Å². The Morgan fingerprint density at radius 2 is 1.96 bits per heavy atom. The Kier molecular flexibility index (Phi) is 4.29.